The smallest absolute Gasteiger partial charge is 0.407 e. The maximum atomic E-state index is 12.3. The third kappa shape index (κ3) is 6.27. The van der Waals surface area contributed by atoms with Crippen LogP contribution in [0.3, 0.4) is 0 Å². The molecule has 0 aliphatic rings. The maximum Gasteiger partial charge on any atom is 0.407 e. The lowest BCUT2D eigenvalue weighted by Gasteiger charge is -2.14. The van der Waals surface area contributed by atoms with E-state index in [0.29, 0.717) is 0 Å². The van der Waals surface area contributed by atoms with Crippen LogP contribution >= 0.6 is 0 Å². The van der Waals surface area contributed by atoms with E-state index in [1.807, 2.05) is 5.32 Å². The fourth-order valence-electron chi connectivity index (χ4n) is 0.513. The Bertz CT molecular complexity index is 173. The lowest BCUT2D eigenvalue weighted by atomic mass is 10.3. The van der Waals surface area contributed by atoms with Gasteiger partial charge >= 0.3 is 6.09 Å². The van der Waals surface area contributed by atoms with Gasteiger partial charge in [0.2, 0.25) is 0 Å². The van der Waals surface area contributed by atoms with E-state index in [1.165, 1.54) is 0 Å². The minimum atomic E-state index is -3.30. The molecule has 0 aromatic heterocycles. The average molecular weight is 197 g/mol. The third-order valence-corrected chi connectivity index (χ3v) is 1.07. The highest BCUT2D eigenvalue weighted by Gasteiger charge is 2.28. The van der Waals surface area contributed by atoms with E-state index in [0.717, 1.165) is 0 Å². The monoisotopic (exact) mass is 197 g/mol. The molecule has 0 aliphatic carbocycles. The molecule has 0 rings (SSSR count). The third-order valence-electron chi connectivity index (χ3n) is 1.07. The van der Waals surface area contributed by atoms with Gasteiger partial charge in [0.05, 0.1) is 12.6 Å². The van der Waals surface area contributed by atoms with Gasteiger partial charge in [0, 0.05) is 0 Å². The highest BCUT2D eigenvalue weighted by Crippen LogP contribution is 2.09. The van der Waals surface area contributed by atoms with Crippen LogP contribution in [0.4, 0.5) is 13.6 Å². The van der Waals surface area contributed by atoms with Crippen LogP contribution in [0.15, 0.2) is 0 Å². The van der Waals surface area contributed by atoms with Crippen molar-refractivity contribution in [3.05, 3.63) is 0 Å². The summed E-state index contributed by atoms with van der Waals surface area (Å²) in [5, 5.41) is 9.98. The minimum absolute atomic E-state index is 0.359. The van der Waals surface area contributed by atoms with E-state index in [2.05, 4.69) is 4.74 Å². The summed E-state index contributed by atoms with van der Waals surface area (Å²) >= 11 is 0. The van der Waals surface area contributed by atoms with Crippen LogP contribution < -0.4 is 5.32 Å². The van der Waals surface area contributed by atoms with E-state index in [-0.39, 0.29) is 6.10 Å². The van der Waals surface area contributed by atoms with Crippen LogP contribution in [0, 0.1) is 0 Å². The Morgan fingerprint density at radius 1 is 1.62 bits per heavy atom. The Morgan fingerprint density at radius 3 is 2.54 bits per heavy atom. The van der Waals surface area contributed by atoms with Crippen molar-refractivity contribution in [3.8, 4) is 0 Å². The van der Waals surface area contributed by atoms with Gasteiger partial charge in [0.1, 0.15) is 6.61 Å². The van der Waals surface area contributed by atoms with Gasteiger partial charge in [-0.25, -0.2) is 13.6 Å². The van der Waals surface area contributed by atoms with Crippen molar-refractivity contribution in [2.24, 2.45) is 0 Å². The number of carbonyl (C=O) groups excluding carboxylic acids is 1. The van der Waals surface area contributed by atoms with Crippen molar-refractivity contribution in [3.63, 3.8) is 0 Å². The number of aliphatic hydroxyl groups excluding tert-OH is 1. The lowest BCUT2D eigenvalue weighted by molar-refractivity contribution is -0.0475. The molecule has 0 heterocycles. The lowest BCUT2D eigenvalue weighted by Crippen LogP contribution is -2.39. The summed E-state index contributed by atoms with van der Waals surface area (Å²) in [6.07, 6.45) is -1.27. The molecular formula is C7H13F2NO3. The fourth-order valence-corrected chi connectivity index (χ4v) is 0.513. The number of alkyl carbamates (subject to hydrolysis) is 1. The van der Waals surface area contributed by atoms with Crippen molar-refractivity contribution in [1.82, 2.24) is 5.32 Å². The van der Waals surface area contributed by atoms with Crippen molar-refractivity contribution in [1.29, 1.82) is 0 Å². The van der Waals surface area contributed by atoms with E-state index >= 15 is 0 Å². The van der Waals surface area contributed by atoms with Gasteiger partial charge in [0.25, 0.3) is 5.92 Å². The van der Waals surface area contributed by atoms with E-state index in [1.54, 1.807) is 13.8 Å². The van der Waals surface area contributed by atoms with Gasteiger partial charge in [0.15, 0.2) is 0 Å². The molecule has 0 bridgehead atoms. The van der Waals surface area contributed by atoms with Gasteiger partial charge in [-0.2, -0.15) is 0 Å². The minimum Gasteiger partial charge on any atom is -0.447 e. The molecular weight excluding hydrogens is 184 g/mol. The zero-order valence-corrected chi connectivity index (χ0v) is 7.51. The molecule has 0 aromatic rings. The molecule has 2 N–H and O–H groups in total. The van der Waals surface area contributed by atoms with Crippen molar-refractivity contribution < 1.29 is 23.4 Å². The van der Waals surface area contributed by atoms with Gasteiger partial charge in [-0.3, -0.25) is 0 Å². The number of alkyl halides is 2. The average Bonchev–Trinajstić information content (AvgIpc) is 2.00. The van der Waals surface area contributed by atoms with Crippen molar-refractivity contribution >= 4 is 6.09 Å². The number of hydrogen-bond donors (Lipinski definition) is 2. The largest absolute Gasteiger partial charge is 0.447 e. The summed E-state index contributed by atoms with van der Waals surface area (Å²) in [6, 6.07) is 0. The van der Waals surface area contributed by atoms with Gasteiger partial charge < -0.3 is 15.2 Å². The Hall–Kier alpha value is -0.910. The molecule has 0 fully saturated rings. The number of hydrogen-bond acceptors (Lipinski definition) is 3. The van der Waals surface area contributed by atoms with Crippen LogP contribution in [0.5, 0.6) is 0 Å². The van der Waals surface area contributed by atoms with Crippen LogP contribution in [-0.4, -0.2) is 36.4 Å². The molecule has 4 nitrogen and oxygen atoms in total. The van der Waals surface area contributed by atoms with E-state index in [4.69, 9.17) is 5.11 Å². The van der Waals surface area contributed by atoms with Crippen LogP contribution in [-0.2, 0) is 4.74 Å². The second-order valence-corrected chi connectivity index (χ2v) is 2.82. The molecule has 78 valence electrons. The molecule has 0 radical (unpaired) electrons. The van der Waals surface area contributed by atoms with E-state index in [9.17, 15) is 13.6 Å². The molecule has 13 heavy (non-hydrogen) atoms. The zero-order valence-electron chi connectivity index (χ0n) is 7.51. The van der Waals surface area contributed by atoms with E-state index < -0.39 is 25.2 Å². The summed E-state index contributed by atoms with van der Waals surface area (Å²) in [4.78, 5) is 10.7. The number of amides is 1. The first kappa shape index (κ1) is 12.1. The Kier molecular flexibility index (Phi) is 4.61. The number of carbonyl (C=O) groups is 1. The number of rotatable bonds is 4. The molecule has 0 unspecified atom stereocenters. The first-order valence-electron chi connectivity index (χ1n) is 3.80. The first-order chi connectivity index (χ1) is 5.87. The quantitative estimate of drug-likeness (QED) is 0.699. The van der Waals surface area contributed by atoms with Crippen molar-refractivity contribution in [2.45, 2.75) is 25.9 Å². The van der Waals surface area contributed by atoms with Crippen LogP contribution in [0.1, 0.15) is 13.8 Å². The molecule has 0 saturated carbocycles. The Morgan fingerprint density at radius 2 is 2.15 bits per heavy atom. The molecule has 1 amide bonds. The zero-order chi connectivity index (χ0) is 10.5. The first-order valence-corrected chi connectivity index (χ1v) is 3.80. The summed E-state index contributed by atoms with van der Waals surface area (Å²) in [6.45, 7) is 0.984. The molecule has 0 aromatic carbocycles. The van der Waals surface area contributed by atoms with Crippen LogP contribution in [0.25, 0.3) is 0 Å². The molecule has 0 saturated heterocycles. The Labute approximate surface area is 74.9 Å². The highest BCUT2D eigenvalue weighted by molar-refractivity contribution is 5.67. The predicted molar refractivity (Wildman–Crippen MR) is 41.7 cm³/mol. The standard InChI is InChI=1S/C7H13F2NO3/c1-5(2)13-6(12)10-3-7(8,9)4-11/h5,11H,3-4H2,1-2H3,(H,10,12). The van der Waals surface area contributed by atoms with Crippen LogP contribution in [0.2, 0.25) is 0 Å². The molecule has 0 spiro atoms. The summed E-state index contributed by atoms with van der Waals surface area (Å²) in [7, 11) is 0. The predicted octanol–water partition coefficient (Wildman–Crippen LogP) is 0.749. The number of aliphatic hydroxyl groups is 1. The number of ether oxygens (including phenoxy) is 1. The molecule has 0 atom stereocenters. The van der Waals surface area contributed by atoms with Gasteiger partial charge in [-0.05, 0) is 13.8 Å². The Balaban J connectivity index is 3.70. The molecule has 0 aliphatic heterocycles. The second kappa shape index (κ2) is 4.96. The van der Waals surface area contributed by atoms with Crippen molar-refractivity contribution in [2.75, 3.05) is 13.2 Å². The second-order valence-electron chi connectivity index (χ2n) is 2.82. The maximum absolute atomic E-state index is 12.3. The summed E-state index contributed by atoms with van der Waals surface area (Å²) in [5.41, 5.74) is 0. The normalized spacial score (nSPS) is 11.5. The molecule has 6 heteroatoms. The highest BCUT2D eigenvalue weighted by atomic mass is 19.3. The fraction of sp³-hybridized carbons (Fsp3) is 0.857. The number of halogens is 2. The van der Waals surface area contributed by atoms with Gasteiger partial charge in [-0.1, -0.05) is 0 Å². The number of nitrogens with one attached hydrogen (secondary N) is 1. The summed E-state index contributed by atoms with van der Waals surface area (Å²) in [5.74, 6) is -3.30. The topological polar surface area (TPSA) is 58.6 Å². The SMILES string of the molecule is CC(C)OC(=O)NCC(F)(F)CO. The summed E-state index contributed by atoms with van der Waals surface area (Å²) < 4.78 is 29.2. The van der Waals surface area contributed by atoms with Gasteiger partial charge in [-0.15, -0.1) is 0 Å².